The molecule has 0 amide bonds. The Hall–Kier alpha value is -1.35. The Morgan fingerprint density at radius 1 is 1.38 bits per heavy atom. The fourth-order valence-electron chi connectivity index (χ4n) is 1.04. The van der Waals surface area contributed by atoms with Crippen LogP contribution in [0.4, 0.5) is 18.9 Å². The molecular weight excluding hydrogens is 287 g/mol. The molecular formula is C10H7BrF3NO. The van der Waals surface area contributed by atoms with Crippen molar-refractivity contribution in [3.63, 3.8) is 0 Å². The number of rotatable bonds is 1. The van der Waals surface area contributed by atoms with Crippen LogP contribution in [0.15, 0.2) is 16.6 Å². The van der Waals surface area contributed by atoms with Crippen molar-refractivity contribution in [2.75, 3.05) is 5.73 Å². The van der Waals surface area contributed by atoms with E-state index in [2.05, 4.69) is 32.5 Å². The van der Waals surface area contributed by atoms with E-state index in [0.29, 0.717) is 4.47 Å². The maximum Gasteiger partial charge on any atom is 0.573 e. The molecule has 6 heteroatoms. The molecule has 0 aliphatic rings. The van der Waals surface area contributed by atoms with Crippen LogP contribution >= 0.6 is 15.9 Å². The molecule has 0 radical (unpaired) electrons. The summed E-state index contributed by atoms with van der Waals surface area (Å²) in [6.07, 6.45) is -4.77. The van der Waals surface area contributed by atoms with E-state index in [1.165, 1.54) is 6.07 Å². The third-order valence-corrected chi connectivity index (χ3v) is 2.05. The first-order chi connectivity index (χ1) is 7.33. The van der Waals surface area contributed by atoms with Gasteiger partial charge in [-0.05, 0) is 19.1 Å². The van der Waals surface area contributed by atoms with Crippen LogP contribution in [0.2, 0.25) is 0 Å². The highest BCUT2D eigenvalue weighted by molar-refractivity contribution is 9.10. The summed E-state index contributed by atoms with van der Waals surface area (Å²) in [7, 11) is 0. The molecule has 1 aromatic rings. The number of alkyl halides is 3. The average molecular weight is 294 g/mol. The molecule has 0 saturated heterocycles. The molecule has 86 valence electrons. The maximum atomic E-state index is 12.0. The van der Waals surface area contributed by atoms with Crippen molar-refractivity contribution in [3.05, 3.63) is 22.2 Å². The molecule has 0 heterocycles. The van der Waals surface area contributed by atoms with Gasteiger partial charge in [0.2, 0.25) is 0 Å². The topological polar surface area (TPSA) is 35.2 Å². The minimum atomic E-state index is -4.77. The van der Waals surface area contributed by atoms with Crippen LogP contribution in [0.3, 0.4) is 0 Å². The fraction of sp³-hybridized carbons (Fsp3) is 0.200. The van der Waals surface area contributed by atoms with E-state index < -0.39 is 12.1 Å². The largest absolute Gasteiger partial charge is 0.573 e. The van der Waals surface area contributed by atoms with Gasteiger partial charge in [0, 0.05) is 4.47 Å². The summed E-state index contributed by atoms with van der Waals surface area (Å²) in [4.78, 5) is 0. The standard InChI is InChI=1S/C10H7BrF3NO/c1-2-3-6-4-7(11)5-8(9(6)15)16-10(12,13)14/h4-5H,15H2,1H3. The van der Waals surface area contributed by atoms with Crippen molar-refractivity contribution in [1.29, 1.82) is 0 Å². The molecule has 16 heavy (non-hydrogen) atoms. The van der Waals surface area contributed by atoms with Crippen LogP contribution in [0, 0.1) is 11.8 Å². The average Bonchev–Trinajstić information content (AvgIpc) is 2.11. The van der Waals surface area contributed by atoms with Gasteiger partial charge in [-0.15, -0.1) is 19.1 Å². The van der Waals surface area contributed by atoms with Gasteiger partial charge in [-0.25, -0.2) is 0 Å². The summed E-state index contributed by atoms with van der Waals surface area (Å²) >= 11 is 3.05. The zero-order valence-corrected chi connectivity index (χ0v) is 9.74. The molecule has 0 aliphatic carbocycles. The molecule has 0 unspecified atom stereocenters. The third-order valence-electron chi connectivity index (χ3n) is 1.59. The van der Waals surface area contributed by atoms with E-state index >= 15 is 0 Å². The molecule has 1 rings (SSSR count). The second-order valence-electron chi connectivity index (χ2n) is 2.79. The van der Waals surface area contributed by atoms with Gasteiger partial charge >= 0.3 is 6.36 Å². The van der Waals surface area contributed by atoms with Crippen LogP contribution in [-0.2, 0) is 0 Å². The molecule has 0 fully saturated rings. The Labute approximate surface area is 98.7 Å². The van der Waals surface area contributed by atoms with E-state index in [4.69, 9.17) is 5.73 Å². The lowest BCUT2D eigenvalue weighted by molar-refractivity contribution is -0.274. The Morgan fingerprint density at radius 3 is 2.50 bits per heavy atom. The van der Waals surface area contributed by atoms with Crippen molar-refractivity contribution < 1.29 is 17.9 Å². The minimum absolute atomic E-state index is 0.130. The van der Waals surface area contributed by atoms with Gasteiger partial charge in [-0.1, -0.05) is 21.9 Å². The molecule has 0 spiro atoms. The summed E-state index contributed by atoms with van der Waals surface area (Å²) in [6.45, 7) is 1.56. The monoisotopic (exact) mass is 293 g/mol. The van der Waals surface area contributed by atoms with Gasteiger partial charge in [0.15, 0.2) is 5.75 Å². The Bertz CT molecular complexity index is 460. The summed E-state index contributed by atoms with van der Waals surface area (Å²) < 4.78 is 40.3. The van der Waals surface area contributed by atoms with Gasteiger partial charge in [0.25, 0.3) is 0 Å². The van der Waals surface area contributed by atoms with E-state index in [9.17, 15) is 13.2 Å². The van der Waals surface area contributed by atoms with E-state index in [1.54, 1.807) is 6.92 Å². The predicted molar refractivity (Wildman–Crippen MR) is 57.8 cm³/mol. The van der Waals surface area contributed by atoms with Crippen molar-refractivity contribution in [3.8, 4) is 17.6 Å². The van der Waals surface area contributed by atoms with Crippen molar-refractivity contribution in [2.45, 2.75) is 13.3 Å². The number of halogens is 4. The Morgan fingerprint density at radius 2 is 2.00 bits per heavy atom. The molecule has 0 bridgehead atoms. The Kier molecular flexibility index (Phi) is 3.70. The minimum Gasteiger partial charge on any atom is -0.403 e. The summed E-state index contributed by atoms with van der Waals surface area (Å²) in [5, 5.41) is 0. The van der Waals surface area contributed by atoms with Crippen molar-refractivity contribution in [1.82, 2.24) is 0 Å². The molecule has 0 atom stereocenters. The first kappa shape index (κ1) is 12.7. The second kappa shape index (κ2) is 4.66. The molecule has 2 nitrogen and oxygen atoms in total. The Balaban J connectivity index is 3.22. The van der Waals surface area contributed by atoms with Gasteiger partial charge in [-0.3, -0.25) is 0 Å². The van der Waals surface area contributed by atoms with Crippen LogP contribution < -0.4 is 10.5 Å². The van der Waals surface area contributed by atoms with E-state index in [1.807, 2.05) is 0 Å². The number of ether oxygens (including phenoxy) is 1. The van der Waals surface area contributed by atoms with Crippen LogP contribution in [0.1, 0.15) is 12.5 Å². The highest BCUT2D eigenvalue weighted by Gasteiger charge is 2.32. The molecule has 2 N–H and O–H groups in total. The summed E-state index contributed by atoms with van der Waals surface area (Å²) in [5.74, 6) is 4.69. The SMILES string of the molecule is CC#Cc1cc(Br)cc(OC(F)(F)F)c1N. The number of nitrogens with two attached hydrogens (primary N) is 1. The number of hydrogen-bond acceptors (Lipinski definition) is 2. The maximum absolute atomic E-state index is 12.0. The zero-order valence-electron chi connectivity index (χ0n) is 8.15. The second-order valence-corrected chi connectivity index (χ2v) is 3.70. The van der Waals surface area contributed by atoms with Gasteiger partial charge < -0.3 is 10.5 Å². The quantitative estimate of drug-likeness (QED) is 0.637. The van der Waals surface area contributed by atoms with Gasteiger partial charge in [0.1, 0.15) is 0 Å². The summed E-state index contributed by atoms with van der Waals surface area (Å²) in [6, 6.07) is 2.67. The first-order valence-corrected chi connectivity index (χ1v) is 4.90. The number of anilines is 1. The molecule has 0 aliphatic heterocycles. The lowest BCUT2D eigenvalue weighted by atomic mass is 10.1. The summed E-state index contributed by atoms with van der Waals surface area (Å²) in [5.41, 5.74) is 5.66. The van der Waals surface area contributed by atoms with Gasteiger partial charge in [-0.2, -0.15) is 0 Å². The zero-order chi connectivity index (χ0) is 12.3. The van der Waals surface area contributed by atoms with E-state index in [-0.39, 0.29) is 11.3 Å². The van der Waals surface area contributed by atoms with E-state index in [0.717, 1.165) is 6.07 Å². The molecule has 0 saturated carbocycles. The van der Waals surface area contributed by atoms with Crippen LogP contribution in [0.5, 0.6) is 5.75 Å². The molecule has 1 aromatic carbocycles. The lowest BCUT2D eigenvalue weighted by Gasteiger charge is -2.12. The van der Waals surface area contributed by atoms with Crippen LogP contribution in [-0.4, -0.2) is 6.36 Å². The molecule has 0 aromatic heterocycles. The van der Waals surface area contributed by atoms with Crippen molar-refractivity contribution >= 4 is 21.6 Å². The van der Waals surface area contributed by atoms with Crippen molar-refractivity contribution in [2.24, 2.45) is 0 Å². The predicted octanol–water partition coefficient (Wildman–Crippen LogP) is 3.30. The highest BCUT2D eigenvalue weighted by Crippen LogP contribution is 2.33. The number of benzene rings is 1. The smallest absolute Gasteiger partial charge is 0.403 e. The lowest BCUT2D eigenvalue weighted by Crippen LogP contribution is -2.18. The number of hydrogen-bond donors (Lipinski definition) is 1. The van der Waals surface area contributed by atoms with Crippen LogP contribution in [0.25, 0.3) is 0 Å². The third kappa shape index (κ3) is 3.35. The first-order valence-electron chi connectivity index (χ1n) is 4.11. The fourth-order valence-corrected chi connectivity index (χ4v) is 1.48. The number of nitrogen functional groups attached to an aromatic ring is 1. The normalized spacial score (nSPS) is 10.6. The highest BCUT2D eigenvalue weighted by atomic mass is 79.9. The van der Waals surface area contributed by atoms with Gasteiger partial charge in [0.05, 0.1) is 11.3 Å².